The molecule has 26 heavy (non-hydrogen) atoms. The van der Waals surface area contributed by atoms with Crippen molar-refractivity contribution in [3.8, 4) is 0 Å². The molecule has 2 aromatic carbocycles. The summed E-state index contributed by atoms with van der Waals surface area (Å²) in [5, 5.41) is 5.07. The zero-order valence-electron chi connectivity index (χ0n) is 14.7. The van der Waals surface area contributed by atoms with Gasteiger partial charge in [-0.25, -0.2) is 9.37 Å². The number of anilines is 2. The number of halogens is 1. The molecule has 0 unspecified atom stereocenters. The Morgan fingerprint density at radius 2 is 2.08 bits per heavy atom. The predicted molar refractivity (Wildman–Crippen MR) is 107 cm³/mol. The first-order valence-corrected chi connectivity index (χ1v) is 9.54. The molecule has 0 saturated carbocycles. The molecule has 0 saturated heterocycles. The molecule has 2 aromatic heterocycles. The van der Waals surface area contributed by atoms with Gasteiger partial charge in [-0.05, 0) is 36.4 Å². The van der Waals surface area contributed by atoms with Gasteiger partial charge in [0.15, 0.2) is 5.13 Å². The Labute approximate surface area is 154 Å². The fourth-order valence-corrected chi connectivity index (χ4v) is 4.79. The van der Waals surface area contributed by atoms with Gasteiger partial charge in [-0.15, -0.1) is 0 Å². The van der Waals surface area contributed by atoms with E-state index < -0.39 is 0 Å². The van der Waals surface area contributed by atoms with E-state index >= 15 is 0 Å². The smallest absolute Gasteiger partial charge is 0.183 e. The summed E-state index contributed by atoms with van der Waals surface area (Å²) in [4.78, 5) is 6.99. The van der Waals surface area contributed by atoms with Gasteiger partial charge in [-0.2, -0.15) is 0 Å². The van der Waals surface area contributed by atoms with Crippen molar-refractivity contribution in [3.05, 3.63) is 53.5 Å². The third-order valence-electron chi connectivity index (χ3n) is 5.32. The fraction of sp³-hybridized carbons (Fsp3) is 0.250. The van der Waals surface area contributed by atoms with Crippen molar-refractivity contribution in [1.29, 1.82) is 0 Å². The quantitative estimate of drug-likeness (QED) is 0.566. The van der Waals surface area contributed by atoms with E-state index in [9.17, 15) is 4.39 Å². The summed E-state index contributed by atoms with van der Waals surface area (Å²) in [6.45, 7) is 1.75. The van der Waals surface area contributed by atoms with Crippen molar-refractivity contribution in [1.82, 2.24) is 9.55 Å². The van der Waals surface area contributed by atoms with Crippen molar-refractivity contribution < 1.29 is 4.39 Å². The van der Waals surface area contributed by atoms with Crippen LogP contribution < -0.4 is 10.2 Å². The van der Waals surface area contributed by atoms with E-state index in [2.05, 4.69) is 45.0 Å². The number of hydrogen-bond acceptors (Lipinski definition) is 4. The fourth-order valence-electron chi connectivity index (χ4n) is 3.99. The minimum Gasteiger partial charge on any atom is -0.367 e. The van der Waals surface area contributed by atoms with Gasteiger partial charge in [0, 0.05) is 61.5 Å². The standard InChI is InChI=1S/C20H19FN4S/c1-22-20-23-16-10-13(4-6-19(16)26-20)25-8-7-18-15(11-25)14-9-12(21)3-5-17(14)24(18)2/h3-6,9-10H,7-8,11H2,1-2H3,(H,22,23). The van der Waals surface area contributed by atoms with Crippen LogP contribution in [0.3, 0.4) is 0 Å². The van der Waals surface area contributed by atoms with Crippen LogP contribution in [0.2, 0.25) is 0 Å². The Kier molecular flexibility index (Phi) is 3.43. The molecular weight excluding hydrogens is 347 g/mol. The van der Waals surface area contributed by atoms with E-state index in [4.69, 9.17) is 0 Å². The van der Waals surface area contributed by atoms with Crippen molar-refractivity contribution in [3.63, 3.8) is 0 Å². The highest BCUT2D eigenvalue weighted by molar-refractivity contribution is 7.22. The molecule has 132 valence electrons. The van der Waals surface area contributed by atoms with Crippen LogP contribution in [0, 0.1) is 5.82 Å². The number of hydrogen-bond donors (Lipinski definition) is 1. The van der Waals surface area contributed by atoms with Crippen LogP contribution in [0.5, 0.6) is 0 Å². The van der Waals surface area contributed by atoms with Crippen LogP contribution >= 0.6 is 11.3 Å². The molecule has 3 heterocycles. The van der Waals surface area contributed by atoms with E-state index in [0.717, 1.165) is 41.1 Å². The van der Waals surface area contributed by atoms with Gasteiger partial charge in [0.1, 0.15) is 5.82 Å². The monoisotopic (exact) mass is 366 g/mol. The van der Waals surface area contributed by atoms with E-state index in [0.29, 0.717) is 0 Å². The Balaban J connectivity index is 1.57. The molecule has 4 aromatic rings. The van der Waals surface area contributed by atoms with Crippen molar-refractivity contribution in [2.75, 3.05) is 23.8 Å². The molecule has 4 nitrogen and oxygen atoms in total. The molecule has 0 atom stereocenters. The largest absolute Gasteiger partial charge is 0.367 e. The first kappa shape index (κ1) is 15.6. The van der Waals surface area contributed by atoms with Crippen LogP contribution in [0.25, 0.3) is 21.1 Å². The normalized spacial score (nSPS) is 14.2. The molecule has 0 bridgehead atoms. The van der Waals surface area contributed by atoms with Crippen LogP contribution in [0.15, 0.2) is 36.4 Å². The number of thiazole rings is 1. The summed E-state index contributed by atoms with van der Waals surface area (Å²) in [5.41, 5.74) is 5.85. The van der Waals surface area contributed by atoms with Gasteiger partial charge in [0.05, 0.1) is 10.2 Å². The average molecular weight is 366 g/mol. The highest BCUT2D eigenvalue weighted by Gasteiger charge is 2.23. The van der Waals surface area contributed by atoms with Gasteiger partial charge < -0.3 is 14.8 Å². The Morgan fingerprint density at radius 1 is 1.19 bits per heavy atom. The number of rotatable bonds is 2. The van der Waals surface area contributed by atoms with Gasteiger partial charge in [-0.3, -0.25) is 0 Å². The molecule has 1 aliphatic rings. The second kappa shape index (κ2) is 5.71. The first-order valence-electron chi connectivity index (χ1n) is 8.73. The highest BCUT2D eigenvalue weighted by atomic mass is 32.1. The lowest BCUT2D eigenvalue weighted by molar-refractivity contribution is 0.629. The topological polar surface area (TPSA) is 33.1 Å². The number of nitrogens with one attached hydrogen (secondary N) is 1. The molecule has 0 radical (unpaired) electrons. The lowest BCUT2D eigenvalue weighted by Gasteiger charge is -2.30. The molecule has 1 N–H and O–H groups in total. The van der Waals surface area contributed by atoms with E-state index in [-0.39, 0.29) is 5.82 Å². The summed E-state index contributed by atoms with van der Waals surface area (Å²) >= 11 is 1.66. The third-order valence-corrected chi connectivity index (χ3v) is 6.37. The molecule has 6 heteroatoms. The maximum Gasteiger partial charge on any atom is 0.183 e. The second-order valence-corrected chi connectivity index (χ2v) is 7.77. The van der Waals surface area contributed by atoms with Gasteiger partial charge in [-0.1, -0.05) is 11.3 Å². The SMILES string of the molecule is CNc1nc2cc(N3CCc4c(c5cc(F)ccc5n4C)C3)ccc2s1. The van der Waals surface area contributed by atoms with Gasteiger partial charge in [0.25, 0.3) is 0 Å². The molecule has 0 amide bonds. The zero-order chi connectivity index (χ0) is 17.8. The maximum atomic E-state index is 13.8. The van der Waals surface area contributed by atoms with Crippen LogP contribution in [-0.2, 0) is 20.0 Å². The summed E-state index contributed by atoms with van der Waals surface area (Å²) in [5.74, 6) is -0.175. The molecule has 1 aliphatic heterocycles. The van der Waals surface area contributed by atoms with Crippen LogP contribution in [0.1, 0.15) is 11.3 Å². The lowest BCUT2D eigenvalue weighted by atomic mass is 10.0. The van der Waals surface area contributed by atoms with E-state index in [1.165, 1.54) is 21.6 Å². The third kappa shape index (κ3) is 2.29. The Hall–Kier alpha value is -2.60. The average Bonchev–Trinajstić information content (AvgIpc) is 3.20. The lowest BCUT2D eigenvalue weighted by Crippen LogP contribution is -2.30. The second-order valence-electron chi connectivity index (χ2n) is 6.74. The van der Waals surface area contributed by atoms with Crippen molar-refractivity contribution in [2.24, 2.45) is 7.05 Å². The minimum atomic E-state index is -0.175. The first-order chi connectivity index (χ1) is 12.6. The number of aryl methyl sites for hydroxylation is 1. The van der Waals surface area contributed by atoms with E-state index in [1.54, 1.807) is 23.5 Å². The van der Waals surface area contributed by atoms with Crippen molar-refractivity contribution in [2.45, 2.75) is 13.0 Å². The molecular formula is C20H19FN4S. The van der Waals surface area contributed by atoms with Crippen LogP contribution in [-0.4, -0.2) is 23.1 Å². The van der Waals surface area contributed by atoms with Crippen LogP contribution in [0.4, 0.5) is 15.2 Å². The predicted octanol–water partition coefficient (Wildman–Crippen LogP) is 4.53. The minimum absolute atomic E-state index is 0.175. The summed E-state index contributed by atoms with van der Waals surface area (Å²) in [7, 11) is 3.97. The van der Waals surface area contributed by atoms with Gasteiger partial charge >= 0.3 is 0 Å². The summed E-state index contributed by atoms with van der Waals surface area (Å²) in [6, 6.07) is 11.6. The van der Waals surface area contributed by atoms with E-state index in [1.807, 2.05) is 13.1 Å². The summed E-state index contributed by atoms with van der Waals surface area (Å²) in [6.07, 6.45) is 0.957. The number of fused-ring (bicyclic) bond motifs is 4. The number of aromatic nitrogens is 2. The maximum absolute atomic E-state index is 13.8. The van der Waals surface area contributed by atoms with Gasteiger partial charge in [0.2, 0.25) is 0 Å². The molecule has 5 rings (SSSR count). The molecule has 0 fully saturated rings. The Bertz CT molecular complexity index is 1140. The number of nitrogens with zero attached hydrogens (tertiary/aromatic N) is 3. The molecule has 0 aliphatic carbocycles. The van der Waals surface area contributed by atoms with Crippen molar-refractivity contribution >= 4 is 43.3 Å². The summed E-state index contributed by atoms with van der Waals surface area (Å²) < 4.78 is 17.2. The highest BCUT2D eigenvalue weighted by Crippen LogP contribution is 2.34. The molecule has 0 spiro atoms. The zero-order valence-corrected chi connectivity index (χ0v) is 15.5. The number of benzene rings is 2. The Morgan fingerprint density at radius 3 is 2.92 bits per heavy atom.